The van der Waals surface area contributed by atoms with Crippen LogP contribution in [0.5, 0.6) is 0 Å². The van der Waals surface area contributed by atoms with Crippen molar-refractivity contribution in [2.45, 2.75) is 26.2 Å². The monoisotopic (exact) mass is 332 g/mol. The van der Waals surface area contributed by atoms with Crippen molar-refractivity contribution in [1.29, 1.82) is 0 Å². The third-order valence-corrected chi connectivity index (χ3v) is 4.53. The van der Waals surface area contributed by atoms with Gasteiger partial charge in [0.2, 0.25) is 15.9 Å². The maximum Gasteiger partial charge on any atom is 0.239 e. The third-order valence-electron chi connectivity index (χ3n) is 2.95. The molecule has 0 bridgehead atoms. The molecule has 0 heterocycles. The fourth-order valence-electron chi connectivity index (χ4n) is 1.81. The zero-order chi connectivity index (χ0) is 15.9. The van der Waals surface area contributed by atoms with Crippen molar-refractivity contribution in [3.8, 4) is 0 Å². The van der Waals surface area contributed by atoms with Gasteiger partial charge in [-0.05, 0) is 18.6 Å². The Morgan fingerprint density at radius 1 is 1.29 bits per heavy atom. The van der Waals surface area contributed by atoms with Crippen molar-refractivity contribution >= 4 is 33.2 Å². The second kappa shape index (κ2) is 8.36. The lowest BCUT2D eigenvalue weighted by Crippen LogP contribution is -2.38. The van der Waals surface area contributed by atoms with E-state index in [0.29, 0.717) is 17.3 Å². The standard InChI is InChI=1S/C14H21ClN2O3S/c1-3-4-7-10-17(21(2,19)20)11-14(18)16-13-9-6-5-8-12(13)15/h5-6,8-9H,3-4,7,10-11H2,1-2H3,(H,16,18). The number of amides is 1. The quantitative estimate of drug-likeness (QED) is 0.744. The molecule has 1 aromatic rings. The molecule has 0 unspecified atom stereocenters. The van der Waals surface area contributed by atoms with E-state index in [1.807, 2.05) is 6.92 Å². The van der Waals surface area contributed by atoms with Crippen molar-refractivity contribution in [2.75, 3.05) is 24.7 Å². The number of hydrogen-bond donors (Lipinski definition) is 1. The van der Waals surface area contributed by atoms with Gasteiger partial charge in [-0.15, -0.1) is 0 Å². The van der Waals surface area contributed by atoms with E-state index in [0.717, 1.165) is 25.5 Å². The highest BCUT2D eigenvalue weighted by Gasteiger charge is 2.19. The summed E-state index contributed by atoms with van der Waals surface area (Å²) in [5, 5.41) is 3.05. The van der Waals surface area contributed by atoms with Crippen LogP contribution in [0.2, 0.25) is 5.02 Å². The average Bonchev–Trinajstić information content (AvgIpc) is 2.39. The minimum Gasteiger partial charge on any atom is -0.324 e. The number of anilines is 1. The molecule has 0 atom stereocenters. The molecule has 0 aliphatic carbocycles. The van der Waals surface area contributed by atoms with Crippen LogP contribution in [0.15, 0.2) is 24.3 Å². The molecule has 0 spiro atoms. The maximum atomic E-state index is 12.0. The minimum atomic E-state index is -3.40. The van der Waals surface area contributed by atoms with Gasteiger partial charge in [0.05, 0.1) is 23.5 Å². The number of nitrogens with zero attached hydrogens (tertiary/aromatic N) is 1. The maximum absolute atomic E-state index is 12.0. The Morgan fingerprint density at radius 2 is 1.95 bits per heavy atom. The van der Waals surface area contributed by atoms with Gasteiger partial charge in [0, 0.05) is 6.54 Å². The fourth-order valence-corrected chi connectivity index (χ4v) is 2.81. The highest BCUT2D eigenvalue weighted by atomic mass is 35.5. The Labute approximate surface area is 131 Å². The van der Waals surface area contributed by atoms with E-state index >= 15 is 0 Å². The third kappa shape index (κ3) is 6.46. The lowest BCUT2D eigenvalue weighted by Gasteiger charge is -2.19. The number of para-hydroxylation sites is 1. The van der Waals surface area contributed by atoms with Gasteiger partial charge in [0.1, 0.15) is 0 Å². The highest BCUT2D eigenvalue weighted by Crippen LogP contribution is 2.20. The number of nitrogens with one attached hydrogen (secondary N) is 1. The van der Waals surface area contributed by atoms with Gasteiger partial charge in [0.15, 0.2) is 0 Å². The molecule has 0 aromatic heterocycles. The van der Waals surface area contributed by atoms with Gasteiger partial charge in [-0.2, -0.15) is 4.31 Å². The van der Waals surface area contributed by atoms with Crippen LogP contribution >= 0.6 is 11.6 Å². The van der Waals surface area contributed by atoms with E-state index in [2.05, 4.69) is 5.32 Å². The van der Waals surface area contributed by atoms with Crippen molar-refractivity contribution in [1.82, 2.24) is 4.31 Å². The second-order valence-corrected chi connectivity index (χ2v) is 7.22. The van der Waals surface area contributed by atoms with E-state index in [1.165, 1.54) is 4.31 Å². The number of hydrogen-bond acceptors (Lipinski definition) is 3. The average molecular weight is 333 g/mol. The lowest BCUT2D eigenvalue weighted by atomic mass is 10.2. The molecule has 0 aliphatic rings. The molecule has 0 aliphatic heterocycles. The molecule has 0 saturated heterocycles. The summed E-state index contributed by atoms with van der Waals surface area (Å²) in [6.07, 6.45) is 3.77. The number of benzene rings is 1. The molecule has 1 amide bonds. The summed E-state index contributed by atoms with van der Waals surface area (Å²) in [7, 11) is -3.40. The van der Waals surface area contributed by atoms with E-state index in [4.69, 9.17) is 11.6 Å². The van der Waals surface area contributed by atoms with Crippen LogP contribution in [0.1, 0.15) is 26.2 Å². The van der Waals surface area contributed by atoms with Crippen molar-refractivity contribution < 1.29 is 13.2 Å². The number of rotatable bonds is 8. The molecule has 118 valence electrons. The Balaban J connectivity index is 2.66. The zero-order valence-electron chi connectivity index (χ0n) is 12.3. The first-order chi connectivity index (χ1) is 9.84. The zero-order valence-corrected chi connectivity index (χ0v) is 13.9. The summed E-state index contributed by atoms with van der Waals surface area (Å²) in [4.78, 5) is 12.0. The van der Waals surface area contributed by atoms with Crippen LogP contribution in [-0.4, -0.2) is 38.0 Å². The van der Waals surface area contributed by atoms with Crippen molar-refractivity contribution in [3.05, 3.63) is 29.3 Å². The molecule has 7 heteroatoms. The van der Waals surface area contributed by atoms with Gasteiger partial charge in [-0.1, -0.05) is 43.5 Å². The highest BCUT2D eigenvalue weighted by molar-refractivity contribution is 7.88. The largest absolute Gasteiger partial charge is 0.324 e. The Morgan fingerprint density at radius 3 is 2.52 bits per heavy atom. The Bertz CT molecular complexity index is 575. The summed E-state index contributed by atoms with van der Waals surface area (Å²) < 4.78 is 24.6. The fraction of sp³-hybridized carbons (Fsp3) is 0.500. The summed E-state index contributed by atoms with van der Waals surface area (Å²) in [5.41, 5.74) is 0.478. The molecular weight excluding hydrogens is 312 g/mol. The predicted molar refractivity (Wildman–Crippen MR) is 86.0 cm³/mol. The summed E-state index contributed by atoms with van der Waals surface area (Å²) >= 11 is 5.95. The van der Waals surface area contributed by atoms with E-state index in [9.17, 15) is 13.2 Å². The van der Waals surface area contributed by atoms with Crippen LogP contribution in [0.3, 0.4) is 0 Å². The molecular formula is C14H21ClN2O3S. The van der Waals surface area contributed by atoms with Gasteiger partial charge in [0.25, 0.3) is 0 Å². The number of sulfonamides is 1. The summed E-state index contributed by atoms with van der Waals surface area (Å²) in [6, 6.07) is 6.83. The second-order valence-electron chi connectivity index (χ2n) is 4.83. The van der Waals surface area contributed by atoms with Gasteiger partial charge >= 0.3 is 0 Å². The predicted octanol–water partition coefficient (Wildman–Crippen LogP) is 2.73. The normalized spacial score (nSPS) is 11.6. The topological polar surface area (TPSA) is 66.5 Å². The van der Waals surface area contributed by atoms with E-state index in [1.54, 1.807) is 24.3 Å². The molecule has 0 radical (unpaired) electrons. The summed E-state index contributed by atoms with van der Waals surface area (Å²) in [6.45, 7) is 2.19. The van der Waals surface area contributed by atoms with Crippen molar-refractivity contribution in [2.24, 2.45) is 0 Å². The first-order valence-corrected chi connectivity index (χ1v) is 9.06. The molecule has 1 N–H and O–H groups in total. The van der Waals surface area contributed by atoms with Gasteiger partial charge < -0.3 is 5.32 Å². The van der Waals surface area contributed by atoms with Crippen LogP contribution in [0.4, 0.5) is 5.69 Å². The first-order valence-electron chi connectivity index (χ1n) is 6.84. The smallest absolute Gasteiger partial charge is 0.239 e. The Hall–Kier alpha value is -1.11. The lowest BCUT2D eigenvalue weighted by molar-refractivity contribution is -0.116. The van der Waals surface area contributed by atoms with Crippen molar-refractivity contribution in [3.63, 3.8) is 0 Å². The number of carbonyl (C=O) groups excluding carboxylic acids is 1. The molecule has 1 aromatic carbocycles. The Kier molecular flexibility index (Phi) is 7.14. The van der Waals surface area contributed by atoms with Gasteiger partial charge in [-0.3, -0.25) is 4.79 Å². The molecule has 0 fully saturated rings. The molecule has 1 rings (SSSR count). The van der Waals surface area contributed by atoms with Gasteiger partial charge in [-0.25, -0.2) is 8.42 Å². The van der Waals surface area contributed by atoms with Crippen LogP contribution < -0.4 is 5.32 Å². The number of unbranched alkanes of at least 4 members (excludes halogenated alkanes) is 2. The number of carbonyl (C=O) groups is 1. The molecule has 0 saturated carbocycles. The summed E-state index contributed by atoms with van der Waals surface area (Å²) in [5.74, 6) is -0.398. The number of halogens is 1. The van der Waals surface area contributed by atoms with E-state index < -0.39 is 15.9 Å². The first kappa shape index (κ1) is 17.9. The minimum absolute atomic E-state index is 0.201. The van der Waals surface area contributed by atoms with Crippen LogP contribution in [0.25, 0.3) is 0 Å². The van der Waals surface area contributed by atoms with Crippen LogP contribution in [-0.2, 0) is 14.8 Å². The molecule has 5 nitrogen and oxygen atoms in total. The molecule has 21 heavy (non-hydrogen) atoms. The SMILES string of the molecule is CCCCCN(CC(=O)Nc1ccccc1Cl)S(C)(=O)=O. The van der Waals surface area contributed by atoms with Crippen LogP contribution in [0, 0.1) is 0 Å². The van der Waals surface area contributed by atoms with E-state index in [-0.39, 0.29) is 6.54 Å².